The molecule has 0 spiro atoms. The molecular formula is C16H17N3O3. The van der Waals surface area contributed by atoms with Crippen LogP contribution in [0.15, 0.2) is 48.8 Å². The van der Waals surface area contributed by atoms with Crippen LogP contribution in [-0.2, 0) is 11.3 Å². The van der Waals surface area contributed by atoms with Gasteiger partial charge < -0.3 is 15.4 Å². The maximum Gasteiger partial charge on any atom is 0.338 e. The number of rotatable bonds is 5. The highest BCUT2D eigenvalue weighted by molar-refractivity contribution is 5.90. The predicted molar refractivity (Wildman–Crippen MR) is 82.5 cm³/mol. The molecule has 1 heterocycles. The molecule has 6 nitrogen and oxygen atoms in total. The number of hydrogen-bond acceptors (Lipinski definition) is 4. The summed E-state index contributed by atoms with van der Waals surface area (Å²) in [6.45, 7) is 2.46. The Balaban J connectivity index is 1.84. The van der Waals surface area contributed by atoms with Crippen molar-refractivity contribution in [1.82, 2.24) is 10.3 Å². The smallest absolute Gasteiger partial charge is 0.338 e. The van der Waals surface area contributed by atoms with E-state index < -0.39 is 0 Å². The summed E-state index contributed by atoms with van der Waals surface area (Å²) in [5.41, 5.74) is 2.00. The number of aromatic nitrogens is 1. The number of anilines is 1. The first-order chi connectivity index (χ1) is 10.7. The van der Waals surface area contributed by atoms with Crippen LogP contribution >= 0.6 is 0 Å². The van der Waals surface area contributed by atoms with E-state index in [9.17, 15) is 9.59 Å². The number of benzene rings is 1. The summed E-state index contributed by atoms with van der Waals surface area (Å²) < 4.78 is 4.91. The summed E-state index contributed by atoms with van der Waals surface area (Å²) in [7, 11) is 0. The second kappa shape index (κ2) is 7.78. The minimum Gasteiger partial charge on any atom is -0.462 e. The van der Waals surface area contributed by atoms with E-state index in [1.54, 1.807) is 55.7 Å². The van der Waals surface area contributed by atoms with Crippen LogP contribution in [0.3, 0.4) is 0 Å². The number of ether oxygens (including phenoxy) is 1. The SMILES string of the molecule is CCOC(=O)c1ccc(CNC(=O)Nc2cccnc2)cc1. The number of nitrogens with one attached hydrogen (secondary N) is 2. The maximum absolute atomic E-state index is 11.7. The van der Waals surface area contributed by atoms with Gasteiger partial charge >= 0.3 is 12.0 Å². The molecule has 0 aliphatic heterocycles. The molecule has 2 N–H and O–H groups in total. The first-order valence-corrected chi connectivity index (χ1v) is 6.90. The number of carbonyl (C=O) groups is 2. The number of carbonyl (C=O) groups excluding carboxylic acids is 2. The summed E-state index contributed by atoms with van der Waals surface area (Å²) in [4.78, 5) is 27.2. The van der Waals surface area contributed by atoms with Crippen molar-refractivity contribution in [2.24, 2.45) is 0 Å². The largest absolute Gasteiger partial charge is 0.462 e. The van der Waals surface area contributed by atoms with Gasteiger partial charge in [0, 0.05) is 12.7 Å². The molecule has 0 saturated heterocycles. The van der Waals surface area contributed by atoms with E-state index in [0.717, 1.165) is 5.56 Å². The van der Waals surface area contributed by atoms with Crippen LogP contribution in [0, 0.1) is 0 Å². The Morgan fingerprint density at radius 3 is 2.59 bits per heavy atom. The van der Waals surface area contributed by atoms with Gasteiger partial charge in [-0.15, -0.1) is 0 Å². The molecule has 114 valence electrons. The number of nitrogens with zero attached hydrogens (tertiary/aromatic N) is 1. The zero-order chi connectivity index (χ0) is 15.8. The number of amides is 2. The first-order valence-electron chi connectivity index (χ1n) is 6.90. The Bertz CT molecular complexity index is 627. The van der Waals surface area contributed by atoms with E-state index in [1.165, 1.54) is 0 Å². The zero-order valence-electron chi connectivity index (χ0n) is 12.2. The number of urea groups is 1. The molecule has 0 radical (unpaired) electrons. The van der Waals surface area contributed by atoms with Gasteiger partial charge in [-0.2, -0.15) is 0 Å². The second-order valence-corrected chi connectivity index (χ2v) is 4.47. The third-order valence-corrected chi connectivity index (χ3v) is 2.84. The van der Waals surface area contributed by atoms with E-state index in [2.05, 4.69) is 15.6 Å². The van der Waals surface area contributed by atoms with Gasteiger partial charge in [-0.3, -0.25) is 4.98 Å². The van der Waals surface area contributed by atoms with Crippen LogP contribution in [0.5, 0.6) is 0 Å². The molecule has 0 bridgehead atoms. The Morgan fingerprint density at radius 1 is 1.18 bits per heavy atom. The van der Waals surface area contributed by atoms with E-state index in [4.69, 9.17) is 4.74 Å². The molecule has 2 amide bonds. The van der Waals surface area contributed by atoms with Gasteiger partial charge in [0.1, 0.15) is 0 Å². The summed E-state index contributed by atoms with van der Waals surface area (Å²) >= 11 is 0. The molecule has 0 aliphatic carbocycles. The standard InChI is InChI=1S/C16H17N3O3/c1-2-22-15(20)13-7-5-12(6-8-13)10-18-16(21)19-14-4-3-9-17-11-14/h3-9,11H,2,10H2,1H3,(H2,18,19,21). The molecule has 2 aromatic rings. The van der Waals surface area contributed by atoms with Crippen molar-refractivity contribution >= 4 is 17.7 Å². The lowest BCUT2D eigenvalue weighted by Crippen LogP contribution is -2.28. The monoisotopic (exact) mass is 299 g/mol. The topological polar surface area (TPSA) is 80.3 Å². The molecule has 0 unspecified atom stereocenters. The summed E-state index contributed by atoms with van der Waals surface area (Å²) in [5.74, 6) is -0.351. The number of esters is 1. The molecule has 6 heteroatoms. The van der Waals surface area contributed by atoms with Crippen LogP contribution in [0.25, 0.3) is 0 Å². The minimum absolute atomic E-state index is 0.317. The van der Waals surface area contributed by atoms with E-state index in [0.29, 0.717) is 24.4 Å². The normalized spacial score (nSPS) is 9.86. The van der Waals surface area contributed by atoms with Gasteiger partial charge in [-0.25, -0.2) is 9.59 Å². The van der Waals surface area contributed by atoms with E-state index in [-0.39, 0.29) is 12.0 Å². The summed E-state index contributed by atoms with van der Waals surface area (Å²) in [6, 6.07) is 10.1. The average Bonchev–Trinajstić information content (AvgIpc) is 2.54. The highest BCUT2D eigenvalue weighted by Crippen LogP contribution is 2.06. The summed E-state index contributed by atoms with van der Waals surface area (Å²) in [5, 5.41) is 5.40. The quantitative estimate of drug-likeness (QED) is 0.832. The van der Waals surface area contributed by atoms with Crippen LogP contribution in [0.1, 0.15) is 22.8 Å². The first kappa shape index (κ1) is 15.5. The van der Waals surface area contributed by atoms with Crippen LogP contribution in [-0.4, -0.2) is 23.6 Å². The molecule has 22 heavy (non-hydrogen) atoms. The van der Waals surface area contributed by atoms with E-state index in [1.807, 2.05) is 0 Å². The fraction of sp³-hybridized carbons (Fsp3) is 0.188. The molecule has 0 atom stereocenters. The lowest BCUT2D eigenvalue weighted by Gasteiger charge is -2.08. The van der Waals surface area contributed by atoms with E-state index >= 15 is 0 Å². The van der Waals surface area contributed by atoms with Gasteiger partial charge in [-0.05, 0) is 36.8 Å². The van der Waals surface area contributed by atoms with Crippen molar-refractivity contribution in [3.05, 3.63) is 59.9 Å². The fourth-order valence-electron chi connectivity index (χ4n) is 1.77. The Morgan fingerprint density at radius 2 is 1.95 bits per heavy atom. The molecule has 1 aromatic carbocycles. The number of hydrogen-bond donors (Lipinski definition) is 2. The van der Waals surface area contributed by atoms with Crippen LogP contribution < -0.4 is 10.6 Å². The number of pyridine rings is 1. The molecular weight excluding hydrogens is 282 g/mol. The lowest BCUT2D eigenvalue weighted by atomic mass is 10.1. The third kappa shape index (κ3) is 4.59. The molecule has 0 fully saturated rings. The minimum atomic E-state index is -0.351. The van der Waals surface area contributed by atoms with Crippen LogP contribution in [0.2, 0.25) is 0 Å². The molecule has 0 saturated carbocycles. The maximum atomic E-state index is 11.7. The zero-order valence-corrected chi connectivity index (χ0v) is 12.2. The third-order valence-electron chi connectivity index (χ3n) is 2.84. The van der Waals surface area contributed by atoms with Crippen molar-refractivity contribution in [3.8, 4) is 0 Å². The Labute approximate surface area is 128 Å². The van der Waals surface area contributed by atoms with Crippen molar-refractivity contribution in [3.63, 3.8) is 0 Å². The second-order valence-electron chi connectivity index (χ2n) is 4.47. The lowest BCUT2D eigenvalue weighted by molar-refractivity contribution is 0.0526. The highest BCUT2D eigenvalue weighted by atomic mass is 16.5. The van der Waals surface area contributed by atoms with Gasteiger partial charge in [0.25, 0.3) is 0 Å². The van der Waals surface area contributed by atoms with Crippen molar-refractivity contribution in [1.29, 1.82) is 0 Å². The van der Waals surface area contributed by atoms with Gasteiger partial charge in [-0.1, -0.05) is 12.1 Å². The van der Waals surface area contributed by atoms with Crippen molar-refractivity contribution in [2.45, 2.75) is 13.5 Å². The summed E-state index contributed by atoms with van der Waals surface area (Å²) in [6.07, 6.45) is 3.20. The van der Waals surface area contributed by atoms with Gasteiger partial charge in [0.15, 0.2) is 0 Å². The van der Waals surface area contributed by atoms with Gasteiger partial charge in [0.05, 0.1) is 24.1 Å². The van der Waals surface area contributed by atoms with Crippen molar-refractivity contribution < 1.29 is 14.3 Å². The average molecular weight is 299 g/mol. The predicted octanol–water partition coefficient (Wildman–Crippen LogP) is 2.58. The molecule has 2 rings (SSSR count). The van der Waals surface area contributed by atoms with Crippen LogP contribution in [0.4, 0.5) is 10.5 Å². The Hall–Kier alpha value is -2.89. The Kier molecular flexibility index (Phi) is 5.48. The van der Waals surface area contributed by atoms with Crippen molar-refractivity contribution in [2.75, 3.05) is 11.9 Å². The highest BCUT2D eigenvalue weighted by Gasteiger charge is 2.06. The molecule has 1 aromatic heterocycles. The molecule has 0 aliphatic rings. The van der Waals surface area contributed by atoms with Gasteiger partial charge in [0.2, 0.25) is 0 Å². The fourth-order valence-corrected chi connectivity index (χ4v) is 1.77.